The van der Waals surface area contributed by atoms with Gasteiger partial charge < -0.3 is 10.1 Å². The first-order valence-electron chi connectivity index (χ1n) is 8.20. The first-order valence-corrected chi connectivity index (χ1v) is 9.08. The van der Waals surface area contributed by atoms with E-state index in [1.807, 2.05) is 23.6 Å². The van der Waals surface area contributed by atoms with Crippen LogP contribution in [0.3, 0.4) is 0 Å². The molecule has 0 fully saturated rings. The van der Waals surface area contributed by atoms with Gasteiger partial charge in [0.2, 0.25) is 0 Å². The second-order valence-corrected chi connectivity index (χ2v) is 6.55. The summed E-state index contributed by atoms with van der Waals surface area (Å²) in [6, 6.07) is 22.6. The normalized spacial score (nSPS) is 10.5. The van der Waals surface area contributed by atoms with E-state index in [4.69, 9.17) is 4.74 Å². The van der Waals surface area contributed by atoms with Crippen LogP contribution < -0.4 is 10.1 Å². The summed E-state index contributed by atoms with van der Waals surface area (Å²) in [6.45, 7) is 0. The van der Waals surface area contributed by atoms with Gasteiger partial charge in [0, 0.05) is 10.9 Å². The summed E-state index contributed by atoms with van der Waals surface area (Å²) in [7, 11) is 1.63. The number of anilines is 2. The largest absolute Gasteiger partial charge is 0.495 e. The first-order chi connectivity index (χ1) is 12.8. The van der Waals surface area contributed by atoms with E-state index in [1.54, 1.807) is 24.6 Å². The summed E-state index contributed by atoms with van der Waals surface area (Å²) >= 11 is 1.56. The highest BCUT2D eigenvalue weighted by atomic mass is 32.1. The Morgan fingerprint density at radius 1 is 0.846 bits per heavy atom. The van der Waals surface area contributed by atoms with Crippen molar-refractivity contribution in [2.45, 2.75) is 0 Å². The molecule has 0 unspecified atom stereocenters. The Hall–Kier alpha value is -3.18. The van der Waals surface area contributed by atoms with Crippen LogP contribution in [0.5, 0.6) is 5.75 Å². The third-order valence-corrected chi connectivity index (χ3v) is 4.76. The summed E-state index contributed by atoms with van der Waals surface area (Å²) < 4.78 is 5.12. The van der Waals surface area contributed by atoms with Gasteiger partial charge in [0.15, 0.2) is 5.13 Å². The number of benzene rings is 2. The maximum absolute atomic E-state index is 5.12. The molecule has 4 rings (SSSR count). The van der Waals surface area contributed by atoms with Gasteiger partial charge in [-0.3, -0.25) is 0 Å². The highest BCUT2D eigenvalue weighted by Gasteiger charge is 2.06. The minimum Gasteiger partial charge on any atom is -0.495 e. The molecule has 0 spiro atoms. The molecule has 0 aliphatic rings. The van der Waals surface area contributed by atoms with E-state index in [0.717, 1.165) is 28.0 Å². The topological polar surface area (TPSA) is 47.0 Å². The van der Waals surface area contributed by atoms with Crippen molar-refractivity contribution < 1.29 is 4.74 Å². The number of hydrogen-bond donors (Lipinski definition) is 1. The van der Waals surface area contributed by atoms with Gasteiger partial charge in [-0.25, -0.2) is 9.97 Å². The Kier molecular flexibility index (Phi) is 4.62. The second kappa shape index (κ2) is 7.37. The zero-order valence-corrected chi connectivity index (χ0v) is 15.0. The van der Waals surface area contributed by atoms with Crippen molar-refractivity contribution in [2.75, 3.05) is 12.4 Å². The van der Waals surface area contributed by atoms with Crippen LogP contribution in [-0.4, -0.2) is 17.1 Å². The third-order valence-electron chi connectivity index (χ3n) is 4.00. The molecule has 0 atom stereocenters. The standard InChI is InChI=1S/C21H17N3OS/c1-25-18-11-12-20(22-13-18)24-21-23-19(14-26-21)17-9-7-16(8-10-17)15-5-3-2-4-6-15/h2-14H,1H3,(H,22,23,24). The van der Waals surface area contributed by atoms with E-state index in [2.05, 4.69) is 63.8 Å². The van der Waals surface area contributed by atoms with E-state index >= 15 is 0 Å². The molecule has 0 aliphatic carbocycles. The molecule has 2 aromatic carbocycles. The van der Waals surface area contributed by atoms with E-state index < -0.39 is 0 Å². The Morgan fingerprint density at radius 3 is 2.27 bits per heavy atom. The van der Waals surface area contributed by atoms with Crippen molar-refractivity contribution in [3.05, 3.63) is 78.3 Å². The second-order valence-electron chi connectivity index (χ2n) is 5.69. The molecule has 0 saturated carbocycles. The summed E-state index contributed by atoms with van der Waals surface area (Å²) in [6.07, 6.45) is 1.68. The number of hydrogen-bond acceptors (Lipinski definition) is 5. The van der Waals surface area contributed by atoms with E-state index in [1.165, 1.54) is 11.1 Å². The van der Waals surface area contributed by atoms with Gasteiger partial charge in [0.05, 0.1) is 19.0 Å². The number of rotatable bonds is 5. The molecular weight excluding hydrogens is 342 g/mol. The zero-order valence-electron chi connectivity index (χ0n) is 14.2. The molecule has 0 saturated heterocycles. The van der Waals surface area contributed by atoms with Crippen LogP contribution in [-0.2, 0) is 0 Å². The van der Waals surface area contributed by atoms with E-state index in [9.17, 15) is 0 Å². The van der Waals surface area contributed by atoms with Crippen molar-refractivity contribution >= 4 is 22.3 Å². The van der Waals surface area contributed by atoms with Gasteiger partial charge >= 0.3 is 0 Å². The highest BCUT2D eigenvalue weighted by Crippen LogP contribution is 2.29. The molecule has 2 aromatic heterocycles. The Morgan fingerprint density at radius 2 is 1.58 bits per heavy atom. The summed E-state index contributed by atoms with van der Waals surface area (Å²) in [5.74, 6) is 1.47. The first kappa shape index (κ1) is 16.3. The van der Waals surface area contributed by atoms with Gasteiger partial charge in [-0.2, -0.15) is 0 Å². The summed E-state index contributed by atoms with van der Waals surface area (Å²) in [5, 5.41) is 6.08. The minimum atomic E-state index is 0.730. The highest BCUT2D eigenvalue weighted by molar-refractivity contribution is 7.14. The molecular formula is C21H17N3OS. The maximum Gasteiger partial charge on any atom is 0.188 e. The summed E-state index contributed by atoms with van der Waals surface area (Å²) in [5.41, 5.74) is 4.46. The van der Waals surface area contributed by atoms with E-state index in [-0.39, 0.29) is 0 Å². The lowest BCUT2D eigenvalue weighted by atomic mass is 10.0. The Balaban J connectivity index is 1.50. The molecule has 0 radical (unpaired) electrons. The van der Waals surface area contributed by atoms with Crippen LogP contribution in [0.4, 0.5) is 10.9 Å². The van der Waals surface area contributed by atoms with Gasteiger partial charge in [0.1, 0.15) is 11.6 Å². The average Bonchev–Trinajstić information content (AvgIpc) is 3.18. The van der Waals surface area contributed by atoms with Crippen molar-refractivity contribution in [1.29, 1.82) is 0 Å². The van der Waals surface area contributed by atoms with Crippen molar-refractivity contribution in [3.63, 3.8) is 0 Å². The average molecular weight is 359 g/mol. The van der Waals surface area contributed by atoms with Crippen LogP contribution in [0.25, 0.3) is 22.4 Å². The fourth-order valence-electron chi connectivity index (χ4n) is 2.61. The number of methoxy groups -OCH3 is 1. The number of aromatic nitrogens is 2. The van der Waals surface area contributed by atoms with Gasteiger partial charge in [0.25, 0.3) is 0 Å². The monoisotopic (exact) mass is 359 g/mol. The molecule has 0 amide bonds. The Labute approximate surface area is 156 Å². The number of pyridine rings is 1. The lowest BCUT2D eigenvalue weighted by molar-refractivity contribution is 0.413. The molecule has 0 bridgehead atoms. The predicted molar refractivity (Wildman–Crippen MR) is 107 cm³/mol. The fourth-order valence-corrected chi connectivity index (χ4v) is 3.34. The van der Waals surface area contributed by atoms with Gasteiger partial charge in [-0.05, 0) is 23.3 Å². The molecule has 4 nitrogen and oxygen atoms in total. The fraction of sp³-hybridized carbons (Fsp3) is 0.0476. The molecule has 5 heteroatoms. The SMILES string of the molecule is COc1ccc(Nc2nc(-c3ccc(-c4ccccc4)cc3)cs2)nc1. The molecule has 1 N–H and O–H groups in total. The quantitative estimate of drug-likeness (QED) is 0.502. The number of ether oxygens (including phenoxy) is 1. The zero-order chi connectivity index (χ0) is 17.8. The lowest BCUT2D eigenvalue weighted by Gasteiger charge is -2.04. The maximum atomic E-state index is 5.12. The minimum absolute atomic E-state index is 0.730. The van der Waals surface area contributed by atoms with Gasteiger partial charge in [-0.1, -0.05) is 54.6 Å². The van der Waals surface area contributed by atoms with Gasteiger partial charge in [-0.15, -0.1) is 11.3 Å². The van der Waals surface area contributed by atoms with Crippen LogP contribution in [0.15, 0.2) is 78.3 Å². The predicted octanol–water partition coefficient (Wildman–Crippen LogP) is 5.62. The van der Waals surface area contributed by atoms with Crippen LogP contribution >= 0.6 is 11.3 Å². The van der Waals surface area contributed by atoms with Crippen molar-refractivity contribution in [1.82, 2.24) is 9.97 Å². The van der Waals surface area contributed by atoms with Crippen LogP contribution in [0, 0.1) is 0 Å². The molecule has 2 heterocycles. The molecule has 4 aromatic rings. The third kappa shape index (κ3) is 3.58. The number of thiazole rings is 1. The lowest BCUT2D eigenvalue weighted by Crippen LogP contribution is -1.93. The number of nitrogens with zero attached hydrogens (tertiary/aromatic N) is 2. The van der Waals surface area contributed by atoms with Crippen LogP contribution in [0.2, 0.25) is 0 Å². The molecule has 128 valence electrons. The van der Waals surface area contributed by atoms with Crippen molar-refractivity contribution in [2.24, 2.45) is 0 Å². The van der Waals surface area contributed by atoms with Crippen LogP contribution in [0.1, 0.15) is 0 Å². The summed E-state index contributed by atoms with van der Waals surface area (Å²) in [4.78, 5) is 8.96. The smallest absolute Gasteiger partial charge is 0.188 e. The molecule has 0 aliphatic heterocycles. The van der Waals surface area contributed by atoms with Crippen molar-refractivity contribution in [3.8, 4) is 28.1 Å². The number of nitrogens with one attached hydrogen (secondary N) is 1. The van der Waals surface area contributed by atoms with E-state index in [0.29, 0.717) is 0 Å². The molecule has 26 heavy (non-hydrogen) atoms. The Bertz CT molecular complexity index is 980.